The molecule has 2 heterocycles. The second kappa shape index (κ2) is 7.29. The SMILES string of the molecule is O=C(Nc1nc2c(s1)CCCC2)c1ccc(COc2ccc(F)cc2)o1. The van der Waals surface area contributed by atoms with Crippen molar-refractivity contribution in [3.63, 3.8) is 0 Å². The van der Waals surface area contributed by atoms with E-state index in [1.54, 1.807) is 12.1 Å². The van der Waals surface area contributed by atoms with Gasteiger partial charge in [0.25, 0.3) is 5.91 Å². The molecule has 0 fully saturated rings. The lowest BCUT2D eigenvalue weighted by atomic mass is 10.0. The normalized spacial score (nSPS) is 13.3. The number of fused-ring (bicyclic) bond motifs is 1. The van der Waals surface area contributed by atoms with Gasteiger partial charge in [0.15, 0.2) is 10.9 Å². The maximum atomic E-state index is 12.9. The number of hydrogen-bond donors (Lipinski definition) is 1. The molecule has 0 saturated carbocycles. The number of amides is 1. The number of halogens is 1. The van der Waals surface area contributed by atoms with Crippen LogP contribution in [0.5, 0.6) is 5.75 Å². The van der Waals surface area contributed by atoms with E-state index in [1.165, 1.54) is 46.9 Å². The molecule has 0 saturated heterocycles. The zero-order valence-corrected chi connectivity index (χ0v) is 14.8. The first-order chi connectivity index (χ1) is 12.7. The Bertz CT molecular complexity index is 894. The molecule has 134 valence electrons. The van der Waals surface area contributed by atoms with Crippen molar-refractivity contribution in [2.75, 3.05) is 5.32 Å². The fourth-order valence-corrected chi connectivity index (χ4v) is 3.87. The molecule has 0 bridgehead atoms. The first kappa shape index (κ1) is 16.8. The molecule has 1 aromatic carbocycles. The topological polar surface area (TPSA) is 64.4 Å². The van der Waals surface area contributed by atoms with Gasteiger partial charge >= 0.3 is 0 Å². The van der Waals surface area contributed by atoms with Crippen LogP contribution in [0, 0.1) is 5.82 Å². The molecule has 0 radical (unpaired) electrons. The Morgan fingerprint density at radius 2 is 2.00 bits per heavy atom. The monoisotopic (exact) mass is 372 g/mol. The molecule has 4 rings (SSSR count). The second-order valence-electron chi connectivity index (χ2n) is 6.06. The maximum Gasteiger partial charge on any atom is 0.293 e. The number of furan rings is 1. The second-order valence-corrected chi connectivity index (χ2v) is 7.14. The van der Waals surface area contributed by atoms with Crippen LogP contribution in [0.1, 0.15) is 39.7 Å². The van der Waals surface area contributed by atoms with Crippen molar-refractivity contribution in [1.82, 2.24) is 4.98 Å². The molecule has 1 aliphatic rings. The van der Waals surface area contributed by atoms with E-state index in [4.69, 9.17) is 9.15 Å². The van der Waals surface area contributed by atoms with Crippen LogP contribution in [0.2, 0.25) is 0 Å². The Morgan fingerprint density at radius 3 is 2.81 bits per heavy atom. The predicted octanol–water partition coefficient (Wildman–Crippen LogP) is 4.59. The van der Waals surface area contributed by atoms with Gasteiger partial charge in [-0.15, -0.1) is 11.3 Å². The number of nitrogens with one attached hydrogen (secondary N) is 1. The van der Waals surface area contributed by atoms with Gasteiger partial charge in [-0.2, -0.15) is 0 Å². The van der Waals surface area contributed by atoms with Gasteiger partial charge in [-0.3, -0.25) is 10.1 Å². The molecule has 0 atom stereocenters. The quantitative estimate of drug-likeness (QED) is 0.712. The lowest BCUT2D eigenvalue weighted by Crippen LogP contribution is -2.10. The molecule has 26 heavy (non-hydrogen) atoms. The molecule has 0 aliphatic heterocycles. The van der Waals surface area contributed by atoms with Gasteiger partial charge < -0.3 is 9.15 Å². The van der Waals surface area contributed by atoms with Crippen LogP contribution in [0.25, 0.3) is 0 Å². The molecule has 1 N–H and O–H groups in total. The molecule has 1 aliphatic carbocycles. The van der Waals surface area contributed by atoms with Crippen LogP contribution in [-0.2, 0) is 19.4 Å². The van der Waals surface area contributed by atoms with Crippen LogP contribution < -0.4 is 10.1 Å². The van der Waals surface area contributed by atoms with Crippen molar-refractivity contribution in [1.29, 1.82) is 0 Å². The van der Waals surface area contributed by atoms with Gasteiger partial charge in [0.05, 0.1) is 5.69 Å². The minimum atomic E-state index is -0.330. The van der Waals surface area contributed by atoms with E-state index in [0.29, 0.717) is 16.6 Å². The van der Waals surface area contributed by atoms with Gasteiger partial charge in [0.2, 0.25) is 0 Å². The summed E-state index contributed by atoms with van der Waals surface area (Å²) in [5, 5.41) is 3.41. The number of hydrogen-bond acceptors (Lipinski definition) is 5. The third kappa shape index (κ3) is 3.77. The summed E-state index contributed by atoms with van der Waals surface area (Å²) in [7, 11) is 0. The standard InChI is InChI=1S/C19H17FN2O3S/c20-12-5-7-13(8-6-12)24-11-14-9-10-16(25-14)18(23)22-19-21-15-3-1-2-4-17(15)26-19/h5-10H,1-4,11H2,(H,21,22,23). The van der Waals surface area contributed by atoms with Gasteiger partial charge in [-0.05, 0) is 62.1 Å². The van der Waals surface area contributed by atoms with Crippen molar-refractivity contribution in [2.45, 2.75) is 32.3 Å². The first-order valence-corrected chi connectivity index (χ1v) is 9.26. The average molecular weight is 372 g/mol. The number of benzene rings is 1. The number of carbonyl (C=O) groups is 1. The third-order valence-electron chi connectivity index (χ3n) is 4.15. The summed E-state index contributed by atoms with van der Waals surface area (Å²) in [5.74, 6) is 0.596. The van der Waals surface area contributed by atoms with E-state index in [2.05, 4.69) is 10.3 Å². The smallest absolute Gasteiger partial charge is 0.293 e. The summed E-state index contributed by atoms with van der Waals surface area (Å²) < 4.78 is 23.9. The number of aryl methyl sites for hydroxylation is 2. The van der Waals surface area contributed by atoms with Crippen molar-refractivity contribution >= 4 is 22.4 Å². The van der Waals surface area contributed by atoms with Crippen LogP contribution in [0.4, 0.5) is 9.52 Å². The van der Waals surface area contributed by atoms with E-state index in [9.17, 15) is 9.18 Å². The van der Waals surface area contributed by atoms with E-state index < -0.39 is 0 Å². The molecular formula is C19H17FN2O3S. The highest BCUT2D eigenvalue weighted by atomic mass is 32.1. The highest BCUT2D eigenvalue weighted by molar-refractivity contribution is 7.15. The number of aromatic nitrogens is 1. The van der Waals surface area contributed by atoms with E-state index in [1.807, 2.05) is 0 Å². The van der Waals surface area contributed by atoms with Crippen LogP contribution in [-0.4, -0.2) is 10.9 Å². The zero-order valence-electron chi connectivity index (χ0n) is 14.0. The Kier molecular flexibility index (Phi) is 4.71. The van der Waals surface area contributed by atoms with Crippen LogP contribution >= 0.6 is 11.3 Å². The van der Waals surface area contributed by atoms with Gasteiger partial charge in [0.1, 0.15) is 23.9 Å². The Hall–Kier alpha value is -2.67. The highest BCUT2D eigenvalue weighted by Gasteiger charge is 2.18. The van der Waals surface area contributed by atoms with Crippen molar-refractivity contribution < 1.29 is 18.3 Å². The minimum Gasteiger partial charge on any atom is -0.486 e. The summed E-state index contributed by atoms with van der Waals surface area (Å²) in [5.41, 5.74) is 1.10. The fraction of sp³-hybridized carbons (Fsp3) is 0.263. The summed E-state index contributed by atoms with van der Waals surface area (Å²) in [6, 6.07) is 9.01. The number of rotatable bonds is 5. The van der Waals surface area contributed by atoms with Gasteiger partial charge in [0, 0.05) is 4.88 Å². The molecular weight excluding hydrogens is 355 g/mol. The van der Waals surface area contributed by atoms with Gasteiger partial charge in [-0.25, -0.2) is 9.37 Å². The zero-order chi connectivity index (χ0) is 17.9. The number of carbonyl (C=O) groups excluding carboxylic acids is 1. The lowest BCUT2D eigenvalue weighted by Gasteiger charge is -2.06. The van der Waals surface area contributed by atoms with Crippen LogP contribution in [0.15, 0.2) is 40.8 Å². The molecule has 0 spiro atoms. The van der Waals surface area contributed by atoms with E-state index in [0.717, 1.165) is 25.0 Å². The first-order valence-electron chi connectivity index (χ1n) is 8.44. The van der Waals surface area contributed by atoms with Crippen molar-refractivity contribution in [2.24, 2.45) is 0 Å². The third-order valence-corrected chi connectivity index (χ3v) is 5.22. The minimum absolute atomic E-state index is 0.157. The molecule has 1 amide bonds. The van der Waals surface area contributed by atoms with E-state index >= 15 is 0 Å². The summed E-state index contributed by atoms with van der Waals surface area (Å²) in [6.45, 7) is 0.157. The number of nitrogens with zero attached hydrogens (tertiary/aromatic N) is 1. The molecule has 3 aromatic rings. The molecule has 2 aromatic heterocycles. The maximum absolute atomic E-state index is 12.9. The molecule has 0 unspecified atom stereocenters. The molecule has 7 heteroatoms. The number of anilines is 1. The largest absolute Gasteiger partial charge is 0.486 e. The number of thiazole rings is 1. The fourth-order valence-electron chi connectivity index (χ4n) is 2.83. The van der Waals surface area contributed by atoms with Crippen molar-refractivity contribution in [3.8, 4) is 5.75 Å². The summed E-state index contributed by atoms with van der Waals surface area (Å²) >= 11 is 1.53. The summed E-state index contributed by atoms with van der Waals surface area (Å²) in [4.78, 5) is 18.1. The number of ether oxygens (including phenoxy) is 1. The Labute approximate surface area is 153 Å². The summed E-state index contributed by atoms with van der Waals surface area (Å²) in [6.07, 6.45) is 4.35. The van der Waals surface area contributed by atoms with E-state index in [-0.39, 0.29) is 24.1 Å². The van der Waals surface area contributed by atoms with Crippen molar-refractivity contribution in [3.05, 3.63) is 64.3 Å². The average Bonchev–Trinajstić information content (AvgIpc) is 3.27. The van der Waals surface area contributed by atoms with Crippen LogP contribution in [0.3, 0.4) is 0 Å². The molecule has 5 nitrogen and oxygen atoms in total. The predicted molar refractivity (Wildman–Crippen MR) is 96.1 cm³/mol. The lowest BCUT2D eigenvalue weighted by molar-refractivity contribution is 0.0992. The Balaban J connectivity index is 1.36. The highest BCUT2D eigenvalue weighted by Crippen LogP contribution is 2.29. The van der Waals surface area contributed by atoms with Gasteiger partial charge in [-0.1, -0.05) is 0 Å². The Morgan fingerprint density at radius 1 is 1.19 bits per heavy atom.